The Morgan fingerprint density at radius 2 is 1.70 bits per heavy atom. The van der Waals surface area contributed by atoms with E-state index in [1.54, 1.807) is 20.8 Å². The van der Waals surface area contributed by atoms with Gasteiger partial charge < -0.3 is 14.9 Å². The van der Waals surface area contributed by atoms with Crippen LogP contribution in [0.5, 0.6) is 0 Å². The molecule has 1 heterocycles. The molecule has 1 N–H and O–H groups in total. The van der Waals surface area contributed by atoms with Crippen LogP contribution in [-0.2, 0) is 24.0 Å². The Kier molecular flexibility index (Phi) is 6.12. The molecule has 1 aliphatic rings. The number of hydrogen-bond donors (Lipinski definition) is 1. The number of carbonyl (C=O) groups is 4. The Morgan fingerprint density at radius 1 is 1.17 bits per heavy atom. The first kappa shape index (κ1) is 18.9. The molecule has 0 unspecified atom stereocenters. The summed E-state index contributed by atoms with van der Waals surface area (Å²) in [6, 6.07) is -0.537. The van der Waals surface area contributed by atoms with Crippen LogP contribution < -0.4 is 5.32 Å². The summed E-state index contributed by atoms with van der Waals surface area (Å²) >= 11 is 0. The van der Waals surface area contributed by atoms with E-state index in [4.69, 9.17) is 9.57 Å². The molecule has 1 atom stereocenters. The third-order valence-corrected chi connectivity index (χ3v) is 3.09. The van der Waals surface area contributed by atoms with Gasteiger partial charge in [-0.3, -0.25) is 9.59 Å². The quantitative estimate of drug-likeness (QED) is 0.768. The zero-order valence-corrected chi connectivity index (χ0v) is 14.2. The number of carbonyl (C=O) groups excluding carboxylic acids is 4. The molecule has 0 aliphatic carbocycles. The fourth-order valence-corrected chi connectivity index (χ4v) is 1.89. The van der Waals surface area contributed by atoms with E-state index in [0.29, 0.717) is 5.06 Å². The van der Waals surface area contributed by atoms with Gasteiger partial charge in [0.25, 0.3) is 11.8 Å². The van der Waals surface area contributed by atoms with Crippen LogP contribution >= 0.6 is 0 Å². The Morgan fingerprint density at radius 3 is 2.13 bits per heavy atom. The van der Waals surface area contributed by atoms with Gasteiger partial charge in [-0.25, -0.2) is 9.59 Å². The molecule has 1 rings (SSSR count). The summed E-state index contributed by atoms with van der Waals surface area (Å²) in [5, 5.41) is 3.09. The van der Waals surface area contributed by atoms with E-state index in [9.17, 15) is 19.2 Å². The van der Waals surface area contributed by atoms with Crippen molar-refractivity contribution in [2.45, 2.75) is 65.5 Å². The minimum atomic E-state index is -0.761. The van der Waals surface area contributed by atoms with Gasteiger partial charge in [0.15, 0.2) is 0 Å². The zero-order valence-electron chi connectivity index (χ0n) is 14.2. The monoisotopic (exact) mass is 328 g/mol. The molecule has 8 nitrogen and oxygen atoms in total. The highest BCUT2D eigenvalue weighted by molar-refractivity contribution is 6.01. The van der Waals surface area contributed by atoms with Gasteiger partial charge >= 0.3 is 12.1 Å². The number of nitrogens with one attached hydrogen (secondary N) is 1. The molecular weight excluding hydrogens is 304 g/mol. The molecule has 1 fully saturated rings. The number of ether oxygens (including phenoxy) is 1. The summed E-state index contributed by atoms with van der Waals surface area (Å²) in [6.45, 7) is 8.84. The van der Waals surface area contributed by atoms with Crippen molar-refractivity contribution < 1.29 is 28.8 Å². The van der Waals surface area contributed by atoms with Gasteiger partial charge in [-0.15, -0.1) is 5.06 Å². The average molecular weight is 328 g/mol. The summed E-state index contributed by atoms with van der Waals surface area (Å²) < 4.78 is 5.15. The molecule has 0 spiro atoms. The van der Waals surface area contributed by atoms with E-state index in [1.165, 1.54) is 0 Å². The van der Waals surface area contributed by atoms with Crippen molar-refractivity contribution in [3.05, 3.63) is 0 Å². The van der Waals surface area contributed by atoms with Gasteiger partial charge in [0.05, 0.1) is 6.42 Å². The van der Waals surface area contributed by atoms with Crippen LogP contribution in [0.2, 0.25) is 0 Å². The number of nitrogens with zero attached hydrogens (tertiary/aromatic N) is 1. The van der Waals surface area contributed by atoms with Crippen LogP contribution in [0.3, 0.4) is 0 Å². The standard InChI is InChI=1S/C15H24N2O6/c1-9(2)10(16-14(21)22-15(3,4)5)8-13(20)23-17-11(18)6-7-12(17)19/h9-10H,6-8H2,1-5H3,(H,16,21)/t10-/m0/s1. The Labute approximate surface area is 135 Å². The molecule has 1 saturated heterocycles. The van der Waals surface area contributed by atoms with Crippen molar-refractivity contribution in [2.24, 2.45) is 5.92 Å². The summed E-state index contributed by atoms with van der Waals surface area (Å²) in [5.74, 6) is -1.91. The molecule has 0 saturated carbocycles. The summed E-state index contributed by atoms with van der Waals surface area (Å²) in [5.41, 5.74) is -0.652. The summed E-state index contributed by atoms with van der Waals surface area (Å²) in [7, 11) is 0. The van der Waals surface area contributed by atoms with Gasteiger partial charge in [-0.2, -0.15) is 0 Å². The van der Waals surface area contributed by atoms with E-state index in [1.807, 2.05) is 13.8 Å². The number of alkyl carbamates (subject to hydrolysis) is 1. The SMILES string of the molecule is CC(C)[C@H](CC(=O)ON1C(=O)CCC1=O)NC(=O)OC(C)(C)C. The maximum atomic E-state index is 11.9. The van der Waals surface area contributed by atoms with Gasteiger partial charge in [-0.1, -0.05) is 13.8 Å². The lowest BCUT2D eigenvalue weighted by molar-refractivity contribution is -0.198. The van der Waals surface area contributed by atoms with Crippen LogP contribution in [0.4, 0.5) is 4.79 Å². The topological polar surface area (TPSA) is 102 Å². The van der Waals surface area contributed by atoms with Gasteiger partial charge in [0, 0.05) is 18.9 Å². The highest BCUT2D eigenvalue weighted by Gasteiger charge is 2.34. The third-order valence-electron chi connectivity index (χ3n) is 3.09. The van der Waals surface area contributed by atoms with E-state index in [-0.39, 0.29) is 25.2 Å². The fourth-order valence-electron chi connectivity index (χ4n) is 1.89. The lowest BCUT2D eigenvalue weighted by atomic mass is 10.0. The van der Waals surface area contributed by atoms with E-state index in [0.717, 1.165) is 0 Å². The van der Waals surface area contributed by atoms with Crippen LogP contribution in [0.1, 0.15) is 53.9 Å². The van der Waals surface area contributed by atoms with Gasteiger partial charge in [0.1, 0.15) is 5.60 Å². The Hall–Kier alpha value is -2.12. The molecule has 130 valence electrons. The number of rotatable bonds is 5. The van der Waals surface area contributed by atoms with E-state index < -0.39 is 35.5 Å². The fraction of sp³-hybridized carbons (Fsp3) is 0.733. The molecule has 0 aromatic rings. The maximum absolute atomic E-state index is 11.9. The van der Waals surface area contributed by atoms with E-state index >= 15 is 0 Å². The first-order valence-corrected chi connectivity index (χ1v) is 7.55. The predicted octanol–water partition coefficient (Wildman–Crippen LogP) is 1.53. The number of hydroxylamine groups is 2. The van der Waals surface area contributed by atoms with Gasteiger partial charge in [0.2, 0.25) is 0 Å². The minimum absolute atomic E-state index is 0.0376. The van der Waals surface area contributed by atoms with Crippen molar-refractivity contribution in [1.82, 2.24) is 10.4 Å². The van der Waals surface area contributed by atoms with Crippen molar-refractivity contribution in [2.75, 3.05) is 0 Å². The van der Waals surface area contributed by atoms with Crippen molar-refractivity contribution in [1.29, 1.82) is 0 Å². The predicted molar refractivity (Wildman–Crippen MR) is 79.8 cm³/mol. The molecule has 23 heavy (non-hydrogen) atoms. The highest BCUT2D eigenvalue weighted by Crippen LogP contribution is 2.15. The van der Waals surface area contributed by atoms with Crippen molar-refractivity contribution in [3.63, 3.8) is 0 Å². The molecule has 3 amide bonds. The van der Waals surface area contributed by atoms with E-state index in [2.05, 4.69) is 5.32 Å². The molecule has 0 aromatic carbocycles. The van der Waals surface area contributed by atoms with Crippen LogP contribution in [0, 0.1) is 5.92 Å². The normalized spacial score (nSPS) is 16.5. The zero-order chi connectivity index (χ0) is 17.8. The van der Waals surface area contributed by atoms with Crippen LogP contribution in [-0.4, -0.2) is 40.6 Å². The molecule has 0 bridgehead atoms. The Balaban J connectivity index is 2.58. The van der Waals surface area contributed by atoms with Crippen LogP contribution in [0.15, 0.2) is 0 Å². The third kappa shape index (κ3) is 6.25. The first-order chi connectivity index (χ1) is 10.5. The largest absolute Gasteiger partial charge is 0.444 e. The number of imide groups is 1. The number of amides is 3. The molecule has 0 aromatic heterocycles. The summed E-state index contributed by atoms with van der Waals surface area (Å²) in [6.07, 6.45) is -0.739. The second kappa shape index (κ2) is 7.43. The lowest BCUT2D eigenvalue weighted by Crippen LogP contribution is -2.44. The smallest absolute Gasteiger partial charge is 0.407 e. The van der Waals surface area contributed by atoms with Crippen LogP contribution in [0.25, 0.3) is 0 Å². The molecule has 8 heteroatoms. The average Bonchev–Trinajstić information content (AvgIpc) is 2.67. The highest BCUT2D eigenvalue weighted by atomic mass is 16.7. The maximum Gasteiger partial charge on any atom is 0.407 e. The molecule has 1 aliphatic heterocycles. The van der Waals surface area contributed by atoms with Crippen molar-refractivity contribution >= 4 is 23.9 Å². The second-order valence-corrected chi connectivity index (χ2v) is 6.75. The number of hydrogen-bond acceptors (Lipinski definition) is 6. The molecule has 0 radical (unpaired) electrons. The summed E-state index contributed by atoms with van der Waals surface area (Å²) in [4.78, 5) is 51.3. The Bertz CT molecular complexity index is 479. The minimum Gasteiger partial charge on any atom is -0.444 e. The van der Waals surface area contributed by atoms with Gasteiger partial charge in [-0.05, 0) is 26.7 Å². The van der Waals surface area contributed by atoms with Crippen molar-refractivity contribution in [3.8, 4) is 0 Å². The molecular formula is C15H24N2O6. The second-order valence-electron chi connectivity index (χ2n) is 6.75. The first-order valence-electron chi connectivity index (χ1n) is 7.55. The lowest BCUT2D eigenvalue weighted by Gasteiger charge is -2.25.